The summed E-state index contributed by atoms with van der Waals surface area (Å²) in [5.41, 5.74) is 1.33. The summed E-state index contributed by atoms with van der Waals surface area (Å²) in [7, 11) is 0. The molecule has 0 saturated heterocycles. The molecular weight excluding hydrogens is 311 g/mol. The first-order valence-electron chi connectivity index (χ1n) is 7.51. The Bertz CT molecular complexity index is 807. The lowest BCUT2D eigenvalue weighted by Gasteiger charge is -2.13. The normalized spacial score (nSPS) is 12.0. The van der Waals surface area contributed by atoms with Crippen LogP contribution in [0.15, 0.2) is 47.1 Å². The molecule has 0 saturated carbocycles. The van der Waals surface area contributed by atoms with Crippen LogP contribution in [0.5, 0.6) is 5.75 Å². The molecule has 0 spiro atoms. The number of nitrogens with one attached hydrogen (secondary N) is 1. The van der Waals surface area contributed by atoms with Crippen LogP contribution in [-0.4, -0.2) is 15.1 Å². The Balaban J connectivity index is 1.64. The maximum atomic E-state index is 14.2. The van der Waals surface area contributed by atoms with Gasteiger partial charge in [0, 0.05) is 18.0 Å². The molecule has 3 rings (SSSR count). The molecule has 6 nitrogen and oxygen atoms in total. The number of benzene rings is 1. The van der Waals surface area contributed by atoms with Gasteiger partial charge < -0.3 is 14.6 Å². The molecule has 0 bridgehead atoms. The molecule has 0 fully saturated rings. The fourth-order valence-corrected chi connectivity index (χ4v) is 2.14. The summed E-state index contributed by atoms with van der Waals surface area (Å²) >= 11 is 0. The van der Waals surface area contributed by atoms with Gasteiger partial charge in [0.25, 0.3) is 0 Å². The van der Waals surface area contributed by atoms with Gasteiger partial charge in [-0.15, -0.1) is 0 Å². The Morgan fingerprint density at radius 3 is 2.83 bits per heavy atom. The van der Waals surface area contributed by atoms with Crippen LogP contribution in [0.1, 0.15) is 30.4 Å². The summed E-state index contributed by atoms with van der Waals surface area (Å²) in [5.74, 6) is 0.726. The highest BCUT2D eigenvalue weighted by Gasteiger charge is 2.14. The number of hydrogen-bond acceptors (Lipinski definition) is 6. The number of rotatable bonds is 6. The fourth-order valence-electron chi connectivity index (χ4n) is 2.14. The Kier molecular flexibility index (Phi) is 4.69. The summed E-state index contributed by atoms with van der Waals surface area (Å²) in [4.78, 5) is 8.28. The van der Waals surface area contributed by atoms with Crippen LogP contribution >= 0.6 is 0 Å². The van der Waals surface area contributed by atoms with Gasteiger partial charge in [-0.25, -0.2) is 4.39 Å². The molecule has 2 aromatic heterocycles. The molecule has 1 N–H and O–H groups in total. The van der Waals surface area contributed by atoms with E-state index in [1.807, 2.05) is 25.1 Å². The molecule has 1 aromatic carbocycles. The predicted molar refractivity (Wildman–Crippen MR) is 86.0 cm³/mol. The highest BCUT2D eigenvalue weighted by Crippen LogP contribution is 2.24. The van der Waals surface area contributed by atoms with Gasteiger partial charge in [-0.05, 0) is 38.1 Å². The van der Waals surface area contributed by atoms with Crippen LogP contribution in [-0.2, 0) is 6.61 Å². The smallest absolute Gasteiger partial charge is 0.248 e. The number of halogens is 1. The van der Waals surface area contributed by atoms with Crippen molar-refractivity contribution in [3.8, 4) is 5.75 Å². The van der Waals surface area contributed by atoms with E-state index < -0.39 is 5.82 Å². The second-order valence-electron chi connectivity index (χ2n) is 5.30. The largest absolute Gasteiger partial charge is 0.484 e. The average Bonchev–Trinajstić information content (AvgIpc) is 3.02. The monoisotopic (exact) mass is 328 g/mol. The second kappa shape index (κ2) is 7.08. The quantitative estimate of drug-likeness (QED) is 0.744. The number of pyridine rings is 1. The Labute approximate surface area is 138 Å². The lowest BCUT2D eigenvalue weighted by Crippen LogP contribution is -2.07. The van der Waals surface area contributed by atoms with Crippen molar-refractivity contribution in [2.45, 2.75) is 26.5 Å². The van der Waals surface area contributed by atoms with E-state index in [1.54, 1.807) is 25.3 Å². The highest BCUT2D eigenvalue weighted by molar-refractivity contribution is 5.48. The Morgan fingerprint density at radius 2 is 2.17 bits per heavy atom. The van der Waals surface area contributed by atoms with Crippen molar-refractivity contribution >= 4 is 5.69 Å². The van der Waals surface area contributed by atoms with E-state index >= 15 is 0 Å². The van der Waals surface area contributed by atoms with Crippen LogP contribution in [0.4, 0.5) is 10.1 Å². The van der Waals surface area contributed by atoms with Gasteiger partial charge in [0.05, 0.1) is 5.69 Å². The summed E-state index contributed by atoms with van der Waals surface area (Å²) in [6, 6.07) is 9.94. The Morgan fingerprint density at radius 1 is 1.29 bits per heavy atom. The molecular formula is C17H17FN4O2. The van der Waals surface area contributed by atoms with Crippen molar-refractivity contribution in [2.75, 3.05) is 5.32 Å². The molecule has 24 heavy (non-hydrogen) atoms. The van der Waals surface area contributed by atoms with Gasteiger partial charge in [0.15, 0.2) is 17.4 Å². The summed E-state index contributed by atoms with van der Waals surface area (Å²) in [6.07, 6.45) is 1.67. The van der Waals surface area contributed by atoms with Crippen LogP contribution in [0.25, 0.3) is 0 Å². The van der Waals surface area contributed by atoms with Crippen molar-refractivity contribution in [3.63, 3.8) is 0 Å². The predicted octanol–water partition coefficient (Wildman–Crippen LogP) is 3.66. The number of ether oxygens (including phenoxy) is 1. The molecule has 0 unspecified atom stereocenters. The zero-order valence-electron chi connectivity index (χ0n) is 13.4. The van der Waals surface area contributed by atoms with Crippen molar-refractivity contribution in [2.24, 2.45) is 0 Å². The topological polar surface area (TPSA) is 73.1 Å². The van der Waals surface area contributed by atoms with E-state index in [4.69, 9.17) is 9.26 Å². The first-order chi connectivity index (χ1) is 11.6. The molecule has 124 valence electrons. The van der Waals surface area contributed by atoms with Gasteiger partial charge in [0.2, 0.25) is 5.89 Å². The fraction of sp³-hybridized carbons (Fsp3) is 0.235. The Hall–Kier alpha value is -2.96. The lowest BCUT2D eigenvalue weighted by atomic mass is 10.2. The summed E-state index contributed by atoms with van der Waals surface area (Å²) < 4.78 is 24.7. The zero-order valence-corrected chi connectivity index (χ0v) is 13.4. The van der Waals surface area contributed by atoms with E-state index in [9.17, 15) is 4.39 Å². The minimum Gasteiger partial charge on any atom is -0.484 e. The van der Waals surface area contributed by atoms with Gasteiger partial charge >= 0.3 is 0 Å². The molecule has 0 aliphatic carbocycles. The molecule has 1 atom stereocenters. The SMILES string of the molecule is Cc1noc([C@@H](C)Nc2ccc(OCc3ccccn3)c(F)c2)n1. The standard InChI is InChI=1S/C17H17FN4O2/c1-11(17-21-12(2)22-24-17)20-13-6-7-16(15(18)9-13)23-10-14-5-3-4-8-19-14/h3-9,11,20H,10H2,1-2H3/t11-/m1/s1. The van der Waals surface area contributed by atoms with Gasteiger partial charge in [-0.1, -0.05) is 11.2 Å². The third-order valence-electron chi connectivity index (χ3n) is 3.33. The summed E-state index contributed by atoms with van der Waals surface area (Å²) in [6.45, 7) is 3.81. The van der Waals surface area contributed by atoms with Gasteiger partial charge in [-0.3, -0.25) is 4.98 Å². The third-order valence-corrected chi connectivity index (χ3v) is 3.33. The first-order valence-corrected chi connectivity index (χ1v) is 7.51. The number of aromatic nitrogens is 3. The van der Waals surface area contributed by atoms with E-state index in [1.165, 1.54) is 6.07 Å². The van der Waals surface area contributed by atoms with Crippen molar-refractivity contribution < 1.29 is 13.7 Å². The number of anilines is 1. The molecule has 0 aliphatic heterocycles. The van der Waals surface area contributed by atoms with Crippen LogP contribution in [0.2, 0.25) is 0 Å². The maximum Gasteiger partial charge on any atom is 0.248 e. The van der Waals surface area contributed by atoms with Gasteiger partial charge in [-0.2, -0.15) is 4.98 Å². The average molecular weight is 328 g/mol. The lowest BCUT2D eigenvalue weighted by molar-refractivity contribution is 0.286. The van der Waals surface area contributed by atoms with Crippen LogP contribution in [0.3, 0.4) is 0 Å². The second-order valence-corrected chi connectivity index (χ2v) is 5.30. The van der Waals surface area contributed by atoms with Crippen LogP contribution in [0, 0.1) is 12.7 Å². The molecule has 3 aromatic rings. The van der Waals surface area contributed by atoms with E-state index in [0.29, 0.717) is 17.4 Å². The van der Waals surface area contributed by atoms with E-state index in [2.05, 4.69) is 20.4 Å². The minimum absolute atomic E-state index is 0.174. The molecule has 2 heterocycles. The molecule has 0 radical (unpaired) electrons. The zero-order chi connectivity index (χ0) is 16.9. The molecule has 0 amide bonds. The number of aryl methyl sites for hydroxylation is 1. The van der Waals surface area contributed by atoms with Crippen LogP contribution < -0.4 is 10.1 Å². The van der Waals surface area contributed by atoms with Gasteiger partial charge in [0.1, 0.15) is 12.6 Å². The number of hydrogen-bond donors (Lipinski definition) is 1. The van der Waals surface area contributed by atoms with E-state index in [0.717, 1.165) is 5.69 Å². The first kappa shape index (κ1) is 15.9. The molecule has 7 heteroatoms. The van der Waals surface area contributed by atoms with Crippen molar-refractivity contribution in [3.05, 3.63) is 65.8 Å². The van der Waals surface area contributed by atoms with Crippen molar-refractivity contribution in [1.29, 1.82) is 0 Å². The van der Waals surface area contributed by atoms with Crippen molar-refractivity contribution in [1.82, 2.24) is 15.1 Å². The highest BCUT2D eigenvalue weighted by atomic mass is 19.1. The number of nitrogens with zero attached hydrogens (tertiary/aromatic N) is 3. The molecule has 0 aliphatic rings. The summed E-state index contributed by atoms with van der Waals surface area (Å²) in [5, 5.41) is 6.85. The third kappa shape index (κ3) is 3.87. The van der Waals surface area contributed by atoms with E-state index in [-0.39, 0.29) is 18.4 Å². The minimum atomic E-state index is -0.454. The maximum absolute atomic E-state index is 14.2.